The van der Waals surface area contributed by atoms with Crippen molar-refractivity contribution in [1.29, 1.82) is 0 Å². The molecular weight excluding hydrogens is 360 g/mol. The first-order valence-electron chi connectivity index (χ1n) is 7.29. The van der Waals surface area contributed by atoms with E-state index in [-0.39, 0.29) is 0 Å². The van der Waals surface area contributed by atoms with E-state index in [1.165, 1.54) is 11.8 Å². The fourth-order valence-electron chi connectivity index (χ4n) is 2.06. The van der Waals surface area contributed by atoms with Crippen LogP contribution in [0.2, 0.25) is 0 Å². The Bertz CT molecular complexity index is 948. The van der Waals surface area contributed by atoms with Gasteiger partial charge in [0.1, 0.15) is 5.75 Å². The van der Waals surface area contributed by atoms with Crippen LogP contribution in [0.25, 0.3) is 22.2 Å². The summed E-state index contributed by atoms with van der Waals surface area (Å²) in [6, 6.07) is 11.3. The molecule has 4 aromatic rings. The van der Waals surface area contributed by atoms with Gasteiger partial charge >= 0.3 is 0 Å². The standard InChI is InChI=1S/C16H12N4O3S2/c1-21-11-6-4-10(5-7-11)14-17-13(20-23-14)9-25-16-19-18-15(22-16)12-3-2-8-24-12/h2-8H,9H2,1H3. The molecule has 0 aliphatic heterocycles. The highest BCUT2D eigenvalue weighted by Crippen LogP contribution is 2.28. The van der Waals surface area contributed by atoms with Gasteiger partial charge in [-0.15, -0.1) is 21.5 Å². The molecule has 7 nitrogen and oxygen atoms in total. The second-order valence-electron chi connectivity index (χ2n) is 4.88. The van der Waals surface area contributed by atoms with Crippen LogP contribution < -0.4 is 4.74 Å². The molecule has 0 spiro atoms. The van der Waals surface area contributed by atoms with Crippen LogP contribution in [0, 0.1) is 0 Å². The highest BCUT2D eigenvalue weighted by Gasteiger charge is 2.13. The molecule has 1 aromatic carbocycles. The minimum Gasteiger partial charge on any atom is -0.497 e. The molecule has 4 rings (SSSR count). The Kier molecular flexibility index (Phi) is 4.49. The molecule has 3 heterocycles. The van der Waals surface area contributed by atoms with Crippen LogP contribution in [-0.4, -0.2) is 27.4 Å². The average Bonchev–Trinajstić information content (AvgIpc) is 3.41. The van der Waals surface area contributed by atoms with Crippen LogP contribution in [0.1, 0.15) is 5.82 Å². The number of rotatable bonds is 6. The van der Waals surface area contributed by atoms with E-state index in [2.05, 4.69) is 20.3 Å². The Balaban J connectivity index is 1.41. The van der Waals surface area contributed by atoms with Gasteiger partial charge in [0.2, 0.25) is 0 Å². The van der Waals surface area contributed by atoms with E-state index >= 15 is 0 Å². The molecule has 0 aliphatic carbocycles. The van der Waals surface area contributed by atoms with Crippen molar-refractivity contribution in [3.63, 3.8) is 0 Å². The van der Waals surface area contributed by atoms with Crippen LogP contribution in [0.3, 0.4) is 0 Å². The van der Waals surface area contributed by atoms with Gasteiger partial charge in [0.25, 0.3) is 17.0 Å². The van der Waals surface area contributed by atoms with E-state index in [1.807, 2.05) is 41.8 Å². The first kappa shape index (κ1) is 15.9. The fraction of sp³-hybridized carbons (Fsp3) is 0.125. The zero-order chi connectivity index (χ0) is 17.1. The van der Waals surface area contributed by atoms with Gasteiger partial charge in [0.05, 0.1) is 17.7 Å². The van der Waals surface area contributed by atoms with Gasteiger partial charge in [-0.05, 0) is 35.7 Å². The van der Waals surface area contributed by atoms with Crippen molar-refractivity contribution >= 4 is 23.1 Å². The molecular formula is C16H12N4O3S2. The summed E-state index contributed by atoms with van der Waals surface area (Å²) in [6.07, 6.45) is 0. The number of thiophene rings is 1. The molecule has 0 fully saturated rings. The van der Waals surface area contributed by atoms with E-state index in [9.17, 15) is 0 Å². The van der Waals surface area contributed by atoms with E-state index in [0.29, 0.717) is 28.6 Å². The Labute approximate surface area is 151 Å². The van der Waals surface area contributed by atoms with Crippen LogP contribution in [0.15, 0.2) is 55.9 Å². The molecule has 3 aromatic heterocycles. The number of hydrogen-bond donors (Lipinski definition) is 0. The predicted molar refractivity (Wildman–Crippen MR) is 93.5 cm³/mol. The monoisotopic (exact) mass is 372 g/mol. The molecule has 0 aliphatic rings. The Morgan fingerprint density at radius 3 is 2.76 bits per heavy atom. The largest absolute Gasteiger partial charge is 0.497 e. The zero-order valence-corrected chi connectivity index (χ0v) is 14.7. The molecule has 0 N–H and O–H groups in total. The van der Waals surface area contributed by atoms with Gasteiger partial charge < -0.3 is 13.7 Å². The molecule has 0 radical (unpaired) electrons. The van der Waals surface area contributed by atoms with E-state index in [0.717, 1.165) is 16.2 Å². The number of aromatic nitrogens is 4. The lowest BCUT2D eigenvalue weighted by atomic mass is 10.2. The summed E-state index contributed by atoms with van der Waals surface area (Å²) in [7, 11) is 1.62. The molecule has 0 saturated heterocycles. The third-order valence-corrected chi connectivity index (χ3v) is 4.94. The summed E-state index contributed by atoms with van der Waals surface area (Å²) >= 11 is 2.92. The smallest absolute Gasteiger partial charge is 0.277 e. The summed E-state index contributed by atoms with van der Waals surface area (Å²) < 4.78 is 16.0. The molecule has 9 heteroatoms. The second kappa shape index (κ2) is 7.08. The zero-order valence-electron chi connectivity index (χ0n) is 13.1. The Morgan fingerprint density at radius 1 is 1.12 bits per heavy atom. The topological polar surface area (TPSA) is 87.1 Å². The number of benzene rings is 1. The molecule has 25 heavy (non-hydrogen) atoms. The average molecular weight is 372 g/mol. The van der Waals surface area contributed by atoms with Crippen LogP contribution in [0.5, 0.6) is 5.75 Å². The normalized spacial score (nSPS) is 10.9. The van der Waals surface area contributed by atoms with Gasteiger partial charge in [-0.25, -0.2) is 0 Å². The van der Waals surface area contributed by atoms with E-state index < -0.39 is 0 Å². The minimum absolute atomic E-state index is 0.461. The van der Waals surface area contributed by atoms with Gasteiger partial charge in [0, 0.05) is 5.56 Å². The first-order chi connectivity index (χ1) is 12.3. The Hall–Kier alpha value is -2.65. The van der Waals surface area contributed by atoms with Crippen molar-refractivity contribution in [2.45, 2.75) is 11.0 Å². The maximum Gasteiger partial charge on any atom is 0.277 e. The maximum atomic E-state index is 5.62. The lowest BCUT2D eigenvalue weighted by Gasteiger charge is -1.98. The summed E-state index contributed by atoms with van der Waals surface area (Å²) in [5.74, 6) is 2.79. The van der Waals surface area contributed by atoms with Gasteiger partial charge in [-0.3, -0.25) is 0 Å². The molecule has 0 unspecified atom stereocenters. The van der Waals surface area contributed by atoms with Gasteiger partial charge in [0.15, 0.2) is 5.82 Å². The summed E-state index contributed by atoms with van der Waals surface area (Å²) in [6.45, 7) is 0. The van der Waals surface area contributed by atoms with E-state index in [1.54, 1.807) is 18.4 Å². The van der Waals surface area contributed by atoms with Gasteiger partial charge in [-0.1, -0.05) is 23.0 Å². The SMILES string of the molecule is COc1ccc(-c2nc(CSc3nnc(-c4cccs4)o3)no2)cc1. The fourth-order valence-corrected chi connectivity index (χ4v) is 3.31. The second-order valence-corrected chi connectivity index (χ2v) is 6.76. The van der Waals surface area contributed by atoms with Crippen molar-refractivity contribution < 1.29 is 13.7 Å². The number of hydrogen-bond acceptors (Lipinski definition) is 9. The maximum absolute atomic E-state index is 5.62. The van der Waals surface area contributed by atoms with Crippen molar-refractivity contribution in [1.82, 2.24) is 20.3 Å². The van der Waals surface area contributed by atoms with Crippen molar-refractivity contribution in [3.05, 3.63) is 47.6 Å². The van der Waals surface area contributed by atoms with E-state index in [4.69, 9.17) is 13.7 Å². The molecule has 0 atom stereocenters. The van der Waals surface area contributed by atoms with Gasteiger partial charge in [-0.2, -0.15) is 4.98 Å². The lowest BCUT2D eigenvalue weighted by molar-refractivity contribution is 0.414. The van der Waals surface area contributed by atoms with Crippen LogP contribution in [0.4, 0.5) is 0 Å². The predicted octanol–water partition coefficient (Wildman–Crippen LogP) is 4.15. The van der Waals surface area contributed by atoms with Crippen molar-refractivity contribution in [3.8, 4) is 28.0 Å². The summed E-state index contributed by atoms with van der Waals surface area (Å²) in [5, 5.41) is 14.5. The third kappa shape index (κ3) is 3.57. The molecule has 0 amide bonds. The number of methoxy groups -OCH3 is 1. The summed E-state index contributed by atoms with van der Waals surface area (Å²) in [5.41, 5.74) is 0.835. The lowest BCUT2D eigenvalue weighted by Crippen LogP contribution is -1.85. The highest BCUT2D eigenvalue weighted by atomic mass is 32.2. The molecule has 0 saturated carbocycles. The van der Waals surface area contributed by atoms with Crippen molar-refractivity contribution in [2.75, 3.05) is 7.11 Å². The highest BCUT2D eigenvalue weighted by molar-refractivity contribution is 7.98. The number of ether oxygens (including phenoxy) is 1. The number of thioether (sulfide) groups is 1. The first-order valence-corrected chi connectivity index (χ1v) is 9.15. The van der Waals surface area contributed by atoms with Crippen LogP contribution >= 0.6 is 23.1 Å². The molecule has 126 valence electrons. The van der Waals surface area contributed by atoms with Crippen molar-refractivity contribution in [2.24, 2.45) is 0 Å². The quantitative estimate of drug-likeness (QED) is 0.467. The van der Waals surface area contributed by atoms with Crippen LogP contribution in [-0.2, 0) is 5.75 Å². The minimum atomic E-state index is 0.461. The Morgan fingerprint density at radius 2 is 2.00 bits per heavy atom. The number of nitrogens with zero attached hydrogens (tertiary/aromatic N) is 4. The summed E-state index contributed by atoms with van der Waals surface area (Å²) in [4.78, 5) is 5.33. The third-order valence-electron chi connectivity index (χ3n) is 3.27. The molecule has 0 bridgehead atoms.